The number of aryl methyl sites for hydroxylation is 1. The van der Waals surface area contributed by atoms with Crippen LogP contribution in [0.4, 0.5) is 26.3 Å². The maximum absolute atomic E-state index is 13.4. The predicted octanol–water partition coefficient (Wildman–Crippen LogP) is 7.47. The van der Waals surface area contributed by atoms with Crippen LogP contribution in [0.3, 0.4) is 0 Å². The van der Waals surface area contributed by atoms with Crippen LogP contribution in [0.1, 0.15) is 88.7 Å². The summed E-state index contributed by atoms with van der Waals surface area (Å²) in [4.78, 5) is 19.0. The number of carbonyl (C=O) groups is 1. The number of likely N-dealkylation sites (N-methyl/N-ethyl adjacent to an activating group) is 2. The molecule has 51 heavy (non-hydrogen) atoms. The fourth-order valence-electron chi connectivity index (χ4n) is 9.80. The molecule has 5 rings (SSSR count). The van der Waals surface area contributed by atoms with Gasteiger partial charge in [-0.2, -0.15) is 26.3 Å². The van der Waals surface area contributed by atoms with Gasteiger partial charge in [0.15, 0.2) is 0 Å². The molecule has 290 valence electrons. The molecule has 7 nitrogen and oxygen atoms in total. The van der Waals surface area contributed by atoms with E-state index in [-0.39, 0.29) is 37.4 Å². The molecule has 0 aliphatic heterocycles. The van der Waals surface area contributed by atoms with Gasteiger partial charge in [-0.1, -0.05) is 13.0 Å². The van der Waals surface area contributed by atoms with Crippen molar-refractivity contribution in [3.8, 4) is 5.75 Å². The van der Waals surface area contributed by atoms with E-state index in [0.717, 1.165) is 70.1 Å². The van der Waals surface area contributed by atoms with Crippen LogP contribution in [0.2, 0.25) is 0 Å². The van der Waals surface area contributed by atoms with Gasteiger partial charge in [-0.3, -0.25) is 9.69 Å². The highest BCUT2D eigenvalue weighted by atomic mass is 19.4. The van der Waals surface area contributed by atoms with Gasteiger partial charge in [-0.15, -0.1) is 0 Å². The van der Waals surface area contributed by atoms with Crippen molar-refractivity contribution < 1.29 is 45.3 Å². The van der Waals surface area contributed by atoms with E-state index in [9.17, 15) is 31.1 Å². The first-order chi connectivity index (χ1) is 23.9. The largest absolute Gasteiger partial charge is 0.494 e. The van der Waals surface area contributed by atoms with Crippen molar-refractivity contribution in [2.75, 3.05) is 61.1 Å². The number of rotatable bonds is 14. The van der Waals surface area contributed by atoms with E-state index in [2.05, 4.69) is 41.8 Å². The smallest absolute Gasteiger partial charge is 0.426 e. The van der Waals surface area contributed by atoms with Crippen molar-refractivity contribution in [3.63, 3.8) is 0 Å². The van der Waals surface area contributed by atoms with Gasteiger partial charge in [0, 0.05) is 39.3 Å². The van der Waals surface area contributed by atoms with Crippen LogP contribution in [-0.4, -0.2) is 118 Å². The highest BCUT2D eigenvalue weighted by Gasteiger charge is 2.69. The molecule has 1 aromatic rings. The molecule has 4 unspecified atom stereocenters. The molecule has 1 amide bonds. The highest BCUT2D eigenvalue weighted by Crippen LogP contribution is 2.62. The summed E-state index contributed by atoms with van der Waals surface area (Å²) in [5, 5.41) is 0. The van der Waals surface area contributed by atoms with E-state index in [1.165, 1.54) is 29.5 Å². The monoisotopic (exact) mass is 733 g/mol. The first kappa shape index (κ1) is 40.1. The number of benzene rings is 1. The second kappa shape index (κ2) is 15.7. The standard InChI is InChI=1S/C38H57F6N3O4/c1-35-17-16-30-29-13-11-28(50-20-7-18-46(4)26-9-10-27(23-26)49-6)22-25(29)8-12-31(30)32(35)14-15-33(35)47(5)34(48)24-45(3)19-21-51-36(2,37(39,40)41)38(42,43)44/h11,13,22,26-27,30-33H,7-10,12,14-21,23-24H2,1-6H3/t26?,27-,30?,31?,32?,33+,35+/m1/s1. The summed E-state index contributed by atoms with van der Waals surface area (Å²) in [6.45, 7) is 2.78. The number of hydrogen-bond donors (Lipinski definition) is 0. The molecule has 3 fully saturated rings. The zero-order chi connectivity index (χ0) is 37.4. The molecule has 4 aliphatic carbocycles. The molecule has 0 N–H and O–H groups in total. The lowest BCUT2D eigenvalue weighted by molar-refractivity contribution is -0.374. The fraction of sp³-hybridized carbons (Fsp3) is 0.816. The highest BCUT2D eigenvalue weighted by molar-refractivity contribution is 5.78. The SMILES string of the molecule is CO[C@@H]1CCC(N(C)CCCOc2ccc3c(c2)CCC2C3CC[C@@]3(C)C2CC[C@@H]3N(C)C(=O)CN(C)CCOC(C)(C(F)(F)F)C(F)(F)F)C1. The Balaban J connectivity index is 1.11. The lowest BCUT2D eigenvalue weighted by atomic mass is 9.55. The molecule has 0 heterocycles. The van der Waals surface area contributed by atoms with Crippen LogP contribution < -0.4 is 4.74 Å². The first-order valence-corrected chi connectivity index (χ1v) is 18.6. The van der Waals surface area contributed by atoms with Gasteiger partial charge in [0.2, 0.25) is 5.91 Å². The van der Waals surface area contributed by atoms with E-state index in [0.29, 0.717) is 36.5 Å². The normalized spacial score (nSPS) is 29.6. The first-order valence-electron chi connectivity index (χ1n) is 18.6. The van der Waals surface area contributed by atoms with Crippen molar-refractivity contribution in [2.24, 2.45) is 17.3 Å². The third-order valence-electron chi connectivity index (χ3n) is 13.1. The van der Waals surface area contributed by atoms with Crippen LogP contribution in [0.25, 0.3) is 0 Å². The van der Waals surface area contributed by atoms with Crippen molar-refractivity contribution in [1.82, 2.24) is 14.7 Å². The second-order valence-electron chi connectivity index (χ2n) is 16.0. The zero-order valence-corrected chi connectivity index (χ0v) is 31.0. The molecular weight excluding hydrogens is 676 g/mol. The number of nitrogens with zero attached hydrogens (tertiary/aromatic N) is 3. The molecule has 0 saturated heterocycles. The van der Waals surface area contributed by atoms with Gasteiger partial charge in [-0.05, 0) is 132 Å². The molecule has 0 bridgehead atoms. The Morgan fingerprint density at radius 1 is 0.941 bits per heavy atom. The fourth-order valence-corrected chi connectivity index (χ4v) is 9.80. The van der Waals surface area contributed by atoms with E-state index in [4.69, 9.17) is 9.47 Å². The summed E-state index contributed by atoms with van der Waals surface area (Å²) in [7, 11) is 7.28. The molecule has 0 aromatic heterocycles. The van der Waals surface area contributed by atoms with Crippen molar-refractivity contribution in [3.05, 3.63) is 29.3 Å². The van der Waals surface area contributed by atoms with Crippen molar-refractivity contribution >= 4 is 5.91 Å². The van der Waals surface area contributed by atoms with Crippen LogP contribution in [-0.2, 0) is 20.7 Å². The molecule has 13 heteroatoms. The second-order valence-corrected chi connectivity index (χ2v) is 16.0. The Hall–Kier alpha value is -2.09. The average Bonchev–Trinajstić information content (AvgIpc) is 3.69. The Kier molecular flexibility index (Phi) is 12.4. The van der Waals surface area contributed by atoms with Crippen LogP contribution >= 0.6 is 0 Å². The van der Waals surface area contributed by atoms with Gasteiger partial charge in [0.1, 0.15) is 5.75 Å². The molecular formula is C38H57F6N3O4. The number of fused-ring (bicyclic) bond motifs is 5. The summed E-state index contributed by atoms with van der Waals surface area (Å²) in [5.41, 5.74) is -1.53. The molecule has 7 atom stereocenters. The number of amides is 1. The van der Waals surface area contributed by atoms with E-state index in [1.54, 1.807) is 19.1 Å². The minimum absolute atomic E-state index is 0.00842. The van der Waals surface area contributed by atoms with E-state index in [1.807, 2.05) is 0 Å². The number of methoxy groups -OCH3 is 1. The van der Waals surface area contributed by atoms with E-state index < -0.39 is 24.6 Å². The molecule has 0 spiro atoms. The predicted molar refractivity (Wildman–Crippen MR) is 183 cm³/mol. The maximum atomic E-state index is 13.4. The Morgan fingerprint density at radius 2 is 1.67 bits per heavy atom. The number of hydrogen-bond acceptors (Lipinski definition) is 6. The van der Waals surface area contributed by atoms with Crippen LogP contribution in [0, 0.1) is 17.3 Å². The van der Waals surface area contributed by atoms with Gasteiger partial charge < -0.3 is 24.0 Å². The minimum Gasteiger partial charge on any atom is -0.494 e. The summed E-state index contributed by atoms with van der Waals surface area (Å²) in [5.74, 6) is 2.19. The maximum Gasteiger partial charge on any atom is 0.426 e. The third kappa shape index (κ3) is 8.36. The Morgan fingerprint density at radius 3 is 2.33 bits per heavy atom. The summed E-state index contributed by atoms with van der Waals surface area (Å²) in [6, 6.07) is 7.23. The quantitative estimate of drug-likeness (QED) is 0.146. The van der Waals surface area contributed by atoms with Crippen molar-refractivity contribution in [2.45, 2.75) is 120 Å². The van der Waals surface area contributed by atoms with E-state index >= 15 is 0 Å². The van der Waals surface area contributed by atoms with Crippen LogP contribution in [0.5, 0.6) is 5.75 Å². The van der Waals surface area contributed by atoms with Crippen molar-refractivity contribution in [1.29, 1.82) is 0 Å². The lowest BCUT2D eigenvalue weighted by Crippen LogP contribution is -2.57. The average molecular weight is 734 g/mol. The molecule has 3 saturated carbocycles. The third-order valence-corrected chi connectivity index (χ3v) is 13.1. The zero-order valence-electron chi connectivity index (χ0n) is 31.0. The lowest BCUT2D eigenvalue weighted by Gasteiger charge is -2.52. The Bertz CT molecular complexity index is 1330. The number of halogens is 6. The molecule has 0 radical (unpaired) electrons. The summed E-state index contributed by atoms with van der Waals surface area (Å²) >= 11 is 0. The van der Waals surface area contributed by atoms with Gasteiger partial charge in [-0.25, -0.2) is 0 Å². The topological polar surface area (TPSA) is 54.5 Å². The summed E-state index contributed by atoms with van der Waals surface area (Å²) in [6.07, 6.45) is -0.459. The number of alkyl halides is 6. The molecule has 4 aliphatic rings. The number of carbonyl (C=O) groups excluding carboxylic acids is 1. The summed E-state index contributed by atoms with van der Waals surface area (Å²) < 4.78 is 95.2. The minimum atomic E-state index is -5.62. The molecule has 1 aromatic carbocycles. The van der Waals surface area contributed by atoms with Gasteiger partial charge >= 0.3 is 12.4 Å². The number of ether oxygens (including phenoxy) is 3. The van der Waals surface area contributed by atoms with Gasteiger partial charge in [0.05, 0.1) is 25.9 Å². The van der Waals surface area contributed by atoms with Crippen LogP contribution in [0.15, 0.2) is 18.2 Å². The van der Waals surface area contributed by atoms with Gasteiger partial charge in [0.25, 0.3) is 5.60 Å². The Labute approximate surface area is 299 Å².